The largest absolute Gasteiger partial charge is 0.281 e. The van der Waals surface area contributed by atoms with E-state index in [1.807, 2.05) is 19.9 Å². The molecule has 0 aliphatic heterocycles. The third-order valence-corrected chi connectivity index (χ3v) is 1.10. The van der Waals surface area contributed by atoms with E-state index in [9.17, 15) is 0 Å². The van der Waals surface area contributed by atoms with Crippen LogP contribution in [0.3, 0.4) is 0 Å². The number of nitrogens with zero attached hydrogens (tertiary/aromatic N) is 1. The smallest absolute Gasteiger partial charge is 0.0940 e. The minimum atomic E-state index is 0.651. The molecular formula is C8H10BrN. The van der Waals surface area contributed by atoms with Gasteiger partial charge in [-0.2, -0.15) is 0 Å². The standard InChI is InChI=1S/C8H10BrN/c1-3-4-5-8(2)6-10-7-9/h5-6H,7H2,1-2H3/b8-5-,10-6?. The molecule has 2 heteroatoms. The molecule has 0 aromatic heterocycles. The maximum atomic E-state index is 3.98. The SMILES string of the molecule is CC#C/C=C(/C)C=NCBr. The molecule has 0 bridgehead atoms. The monoisotopic (exact) mass is 199 g/mol. The second-order valence-electron chi connectivity index (χ2n) is 1.71. The normalized spacial score (nSPS) is 11.3. The van der Waals surface area contributed by atoms with Gasteiger partial charge in [-0.3, -0.25) is 4.99 Å². The Hall–Kier alpha value is -0.550. The van der Waals surface area contributed by atoms with E-state index < -0.39 is 0 Å². The zero-order valence-corrected chi connectivity index (χ0v) is 7.77. The summed E-state index contributed by atoms with van der Waals surface area (Å²) in [6.45, 7) is 3.78. The van der Waals surface area contributed by atoms with Crippen molar-refractivity contribution in [1.29, 1.82) is 0 Å². The Bertz CT molecular complexity index is 193. The van der Waals surface area contributed by atoms with Crippen molar-refractivity contribution >= 4 is 22.1 Å². The van der Waals surface area contributed by atoms with Crippen LogP contribution in [-0.2, 0) is 0 Å². The van der Waals surface area contributed by atoms with Crippen LogP contribution in [0.1, 0.15) is 13.8 Å². The minimum Gasteiger partial charge on any atom is -0.281 e. The van der Waals surface area contributed by atoms with Crippen LogP contribution in [0.2, 0.25) is 0 Å². The van der Waals surface area contributed by atoms with Crippen molar-refractivity contribution in [2.45, 2.75) is 13.8 Å². The fourth-order valence-corrected chi connectivity index (χ4v) is 0.547. The summed E-state index contributed by atoms with van der Waals surface area (Å²) in [4.78, 5) is 3.98. The van der Waals surface area contributed by atoms with Gasteiger partial charge in [-0.1, -0.05) is 21.9 Å². The number of allylic oxidation sites excluding steroid dienone is 2. The molecule has 0 aliphatic rings. The van der Waals surface area contributed by atoms with Gasteiger partial charge in [0.2, 0.25) is 0 Å². The van der Waals surface area contributed by atoms with Crippen molar-refractivity contribution in [1.82, 2.24) is 0 Å². The van der Waals surface area contributed by atoms with E-state index in [1.54, 1.807) is 6.21 Å². The maximum Gasteiger partial charge on any atom is 0.0940 e. The highest BCUT2D eigenvalue weighted by Gasteiger charge is 1.76. The second kappa shape index (κ2) is 6.57. The summed E-state index contributed by atoms with van der Waals surface area (Å²) in [5.41, 5.74) is 1.73. The predicted molar refractivity (Wildman–Crippen MR) is 49.5 cm³/mol. The first kappa shape index (κ1) is 9.45. The second-order valence-corrected chi connectivity index (χ2v) is 2.22. The Kier molecular flexibility index (Phi) is 6.21. The fourth-order valence-electron chi connectivity index (χ4n) is 0.402. The van der Waals surface area contributed by atoms with E-state index in [0.717, 1.165) is 5.57 Å². The maximum absolute atomic E-state index is 3.98. The van der Waals surface area contributed by atoms with E-state index >= 15 is 0 Å². The van der Waals surface area contributed by atoms with E-state index in [0.29, 0.717) is 5.45 Å². The van der Waals surface area contributed by atoms with Crippen LogP contribution in [0.4, 0.5) is 0 Å². The summed E-state index contributed by atoms with van der Waals surface area (Å²) in [7, 11) is 0. The molecule has 0 amide bonds. The van der Waals surface area contributed by atoms with Crippen LogP contribution in [0.15, 0.2) is 16.6 Å². The van der Waals surface area contributed by atoms with E-state index in [4.69, 9.17) is 0 Å². The molecule has 0 saturated carbocycles. The van der Waals surface area contributed by atoms with Crippen molar-refractivity contribution in [2.75, 3.05) is 5.45 Å². The van der Waals surface area contributed by atoms with Gasteiger partial charge in [0.05, 0.1) is 5.45 Å². The summed E-state index contributed by atoms with van der Waals surface area (Å²) in [6, 6.07) is 0. The zero-order valence-electron chi connectivity index (χ0n) is 6.19. The van der Waals surface area contributed by atoms with Crippen molar-refractivity contribution < 1.29 is 0 Å². The summed E-state index contributed by atoms with van der Waals surface area (Å²) in [5.74, 6) is 5.61. The van der Waals surface area contributed by atoms with Crippen molar-refractivity contribution in [2.24, 2.45) is 4.99 Å². The molecule has 0 aromatic rings. The van der Waals surface area contributed by atoms with E-state index in [1.165, 1.54) is 0 Å². The van der Waals surface area contributed by atoms with Gasteiger partial charge in [-0.15, -0.1) is 5.92 Å². The van der Waals surface area contributed by atoms with Crippen LogP contribution >= 0.6 is 15.9 Å². The third-order valence-electron chi connectivity index (χ3n) is 0.808. The lowest BCUT2D eigenvalue weighted by atomic mass is 10.3. The van der Waals surface area contributed by atoms with Gasteiger partial charge in [0, 0.05) is 6.21 Å². The van der Waals surface area contributed by atoms with E-state index in [-0.39, 0.29) is 0 Å². The third kappa shape index (κ3) is 5.58. The molecule has 0 aliphatic carbocycles. The number of alkyl halides is 1. The molecule has 0 heterocycles. The van der Waals surface area contributed by atoms with Crippen LogP contribution < -0.4 is 0 Å². The molecule has 0 N–H and O–H groups in total. The molecule has 0 unspecified atom stereocenters. The predicted octanol–water partition coefficient (Wildman–Crippen LogP) is 2.38. The summed E-state index contributed by atoms with van der Waals surface area (Å²) >= 11 is 3.18. The number of rotatable bonds is 2. The number of hydrogen-bond acceptors (Lipinski definition) is 1. The number of aliphatic imine (C=N–C) groups is 1. The Morgan fingerprint density at radius 3 is 2.90 bits per heavy atom. The van der Waals surface area contributed by atoms with E-state index in [2.05, 4.69) is 32.8 Å². The lowest BCUT2D eigenvalue weighted by Gasteiger charge is -1.83. The molecule has 0 aromatic carbocycles. The Labute approximate surface area is 70.4 Å². The minimum absolute atomic E-state index is 0.651. The molecule has 10 heavy (non-hydrogen) atoms. The summed E-state index contributed by atoms with van der Waals surface area (Å²) in [5, 5.41) is 0. The quantitative estimate of drug-likeness (QED) is 0.281. The van der Waals surface area contributed by atoms with Crippen molar-refractivity contribution in [3.8, 4) is 11.8 Å². The van der Waals surface area contributed by atoms with Crippen molar-refractivity contribution in [3.63, 3.8) is 0 Å². The van der Waals surface area contributed by atoms with Crippen LogP contribution in [-0.4, -0.2) is 11.7 Å². The molecule has 0 fully saturated rings. The molecular weight excluding hydrogens is 190 g/mol. The van der Waals surface area contributed by atoms with Crippen LogP contribution in [0.25, 0.3) is 0 Å². The summed E-state index contributed by atoms with van der Waals surface area (Å²) < 4.78 is 0. The molecule has 0 rings (SSSR count). The van der Waals surface area contributed by atoms with Crippen LogP contribution in [0, 0.1) is 11.8 Å². The highest BCUT2D eigenvalue weighted by molar-refractivity contribution is 9.09. The van der Waals surface area contributed by atoms with Gasteiger partial charge in [0.25, 0.3) is 0 Å². The molecule has 0 saturated heterocycles. The Balaban J connectivity index is 3.90. The van der Waals surface area contributed by atoms with Gasteiger partial charge in [-0.25, -0.2) is 0 Å². The average molecular weight is 200 g/mol. The van der Waals surface area contributed by atoms with Gasteiger partial charge in [0.1, 0.15) is 0 Å². The zero-order chi connectivity index (χ0) is 7.82. The first-order valence-corrected chi connectivity index (χ1v) is 4.08. The molecule has 1 nitrogen and oxygen atoms in total. The molecule has 54 valence electrons. The number of hydrogen-bond donors (Lipinski definition) is 0. The average Bonchev–Trinajstić information content (AvgIpc) is 1.97. The first-order chi connectivity index (χ1) is 4.81. The summed E-state index contributed by atoms with van der Waals surface area (Å²) in [6.07, 6.45) is 3.63. The molecule has 0 spiro atoms. The lowest BCUT2D eigenvalue weighted by Crippen LogP contribution is -1.76. The van der Waals surface area contributed by atoms with Gasteiger partial charge >= 0.3 is 0 Å². The fraction of sp³-hybridized carbons (Fsp3) is 0.375. The lowest BCUT2D eigenvalue weighted by molar-refractivity contribution is 1.40. The van der Waals surface area contributed by atoms with Gasteiger partial charge in [-0.05, 0) is 25.5 Å². The Morgan fingerprint density at radius 2 is 2.40 bits per heavy atom. The topological polar surface area (TPSA) is 12.4 Å². The van der Waals surface area contributed by atoms with Gasteiger partial charge in [0.15, 0.2) is 0 Å². The van der Waals surface area contributed by atoms with Gasteiger partial charge < -0.3 is 0 Å². The molecule has 0 radical (unpaired) electrons. The first-order valence-electron chi connectivity index (χ1n) is 2.96. The highest BCUT2D eigenvalue weighted by atomic mass is 79.9. The highest BCUT2D eigenvalue weighted by Crippen LogP contribution is 1.87. The molecule has 0 atom stereocenters. The van der Waals surface area contributed by atoms with Crippen LogP contribution in [0.5, 0.6) is 0 Å². The Morgan fingerprint density at radius 1 is 1.70 bits per heavy atom. The number of halogens is 1. The van der Waals surface area contributed by atoms with Crippen molar-refractivity contribution in [3.05, 3.63) is 11.6 Å².